The average Bonchev–Trinajstić information content (AvgIpc) is 3.22. The molecule has 0 radical (unpaired) electrons. The summed E-state index contributed by atoms with van der Waals surface area (Å²) < 4.78 is 20.7. The molecule has 1 fully saturated rings. The Bertz CT molecular complexity index is 423. The Balaban J connectivity index is 2.26. The third-order valence-electron chi connectivity index (χ3n) is 3.59. The normalized spacial score (nSPS) is 18.3. The molecule has 0 saturated heterocycles. The van der Waals surface area contributed by atoms with E-state index >= 15 is 0 Å². The van der Waals surface area contributed by atoms with E-state index in [1.165, 1.54) is 18.9 Å². The number of rotatable bonds is 7. The van der Waals surface area contributed by atoms with E-state index in [2.05, 4.69) is 28.2 Å². The summed E-state index contributed by atoms with van der Waals surface area (Å²) in [6, 6.07) is 5.03. The maximum absolute atomic E-state index is 14.1. The van der Waals surface area contributed by atoms with Crippen LogP contribution in [0.4, 0.5) is 4.39 Å². The molecular weight excluding hydrogens is 309 g/mol. The molecule has 2 rings (SSSR count). The van der Waals surface area contributed by atoms with Crippen LogP contribution in [0.1, 0.15) is 37.8 Å². The average molecular weight is 330 g/mol. The van der Waals surface area contributed by atoms with Crippen molar-refractivity contribution in [2.24, 2.45) is 5.92 Å². The zero-order valence-electron chi connectivity index (χ0n) is 11.5. The highest BCUT2D eigenvalue weighted by molar-refractivity contribution is 9.10. The minimum Gasteiger partial charge on any atom is -0.379 e. The van der Waals surface area contributed by atoms with Crippen molar-refractivity contribution >= 4 is 15.9 Å². The monoisotopic (exact) mass is 329 g/mol. The van der Waals surface area contributed by atoms with Crippen LogP contribution in [-0.4, -0.2) is 19.8 Å². The molecule has 4 heteroatoms. The van der Waals surface area contributed by atoms with E-state index in [9.17, 15) is 4.39 Å². The predicted octanol–water partition coefficient (Wildman–Crippen LogP) is 4.05. The summed E-state index contributed by atoms with van der Waals surface area (Å²) in [4.78, 5) is 0. The number of hydrogen-bond donors (Lipinski definition) is 1. The Morgan fingerprint density at radius 1 is 1.47 bits per heavy atom. The highest BCUT2D eigenvalue weighted by atomic mass is 79.9. The number of benzene rings is 1. The number of ether oxygens (including phenoxy) is 1. The summed E-state index contributed by atoms with van der Waals surface area (Å²) in [5, 5.41) is 3.44. The van der Waals surface area contributed by atoms with Crippen LogP contribution in [0.25, 0.3) is 0 Å². The lowest BCUT2D eigenvalue weighted by Crippen LogP contribution is -2.35. The van der Waals surface area contributed by atoms with Crippen LogP contribution in [0.3, 0.4) is 0 Å². The van der Waals surface area contributed by atoms with Crippen LogP contribution >= 0.6 is 15.9 Å². The maximum Gasteiger partial charge on any atom is 0.128 e. The van der Waals surface area contributed by atoms with Crippen molar-refractivity contribution < 1.29 is 9.13 Å². The predicted molar refractivity (Wildman–Crippen MR) is 78.7 cm³/mol. The second-order valence-electron chi connectivity index (χ2n) is 5.14. The van der Waals surface area contributed by atoms with Crippen LogP contribution in [0.2, 0.25) is 0 Å². The molecule has 1 aliphatic carbocycles. The molecule has 1 aliphatic rings. The van der Waals surface area contributed by atoms with Crippen LogP contribution < -0.4 is 5.32 Å². The van der Waals surface area contributed by atoms with Crippen molar-refractivity contribution in [3.8, 4) is 0 Å². The van der Waals surface area contributed by atoms with Crippen molar-refractivity contribution in [1.29, 1.82) is 0 Å². The standard InChI is InChI=1S/C15H21BrFNO/c1-3-8-18-14(15(19-2)10-4-5-10)12-9-11(16)6-7-13(12)17/h6-7,9-10,14-15,18H,3-5,8H2,1-2H3. The Morgan fingerprint density at radius 2 is 2.21 bits per heavy atom. The van der Waals surface area contributed by atoms with Crippen LogP contribution in [0, 0.1) is 11.7 Å². The SMILES string of the molecule is CCCNC(c1cc(Br)ccc1F)C(OC)C1CC1. The molecule has 106 valence electrons. The van der Waals surface area contributed by atoms with Gasteiger partial charge < -0.3 is 10.1 Å². The van der Waals surface area contributed by atoms with E-state index in [0.717, 1.165) is 17.4 Å². The maximum atomic E-state index is 14.1. The Labute approximate surface area is 122 Å². The van der Waals surface area contributed by atoms with Gasteiger partial charge in [0.2, 0.25) is 0 Å². The molecule has 1 N–H and O–H groups in total. The molecule has 0 heterocycles. The number of halogens is 2. The summed E-state index contributed by atoms with van der Waals surface area (Å²) >= 11 is 3.42. The number of methoxy groups -OCH3 is 1. The Morgan fingerprint density at radius 3 is 2.79 bits per heavy atom. The zero-order valence-corrected chi connectivity index (χ0v) is 13.0. The fraction of sp³-hybridized carbons (Fsp3) is 0.600. The van der Waals surface area contributed by atoms with Crippen LogP contribution in [-0.2, 0) is 4.74 Å². The van der Waals surface area contributed by atoms with Crippen LogP contribution in [0.5, 0.6) is 0 Å². The first-order chi connectivity index (χ1) is 9.17. The topological polar surface area (TPSA) is 21.3 Å². The van der Waals surface area contributed by atoms with Gasteiger partial charge in [0, 0.05) is 17.1 Å². The molecule has 0 aromatic heterocycles. The number of hydrogen-bond acceptors (Lipinski definition) is 2. The minimum atomic E-state index is -0.167. The van der Waals surface area contributed by atoms with Crippen molar-refractivity contribution in [2.45, 2.75) is 38.3 Å². The summed E-state index contributed by atoms with van der Waals surface area (Å²) in [6.45, 7) is 2.98. The minimum absolute atomic E-state index is 0.0512. The fourth-order valence-corrected chi connectivity index (χ4v) is 2.86. The molecule has 0 spiro atoms. The van der Waals surface area contributed by atoms with Gasteiger partial charge >= 0.3 is 0 Å². The van der Waals surface area contributed by atoms with Crippen molar-refractivity contribution in [2.75, 3.05) is 13.7 Å². The van der Waals surface area contributed by atoms with E-state index in [-0.39, 0.29) is 18.0 Å². The quantitative estimate of drug-likeness (QED) is 0.814. The molecule has 0 aliphatic heterocycles. The number of nitrogens with one attached hydrogen (secondary N) is 1. The third kappa shape index (κ3) is 3.77. The Hall–Kier alpha value is -0.450. The van der Waals surface area contributed by atoms with Crippen LogP contribution in [0.15, 0.2) is 22.7 Å². The summed E-state index contributed by atoms with van der Waals surface area (Å²) in [6.07, 6.45) is 3.43. The van der Waals surface area contributed by atoms with Gasteiger partial charge in [0.25, 0.3) is 0 Å². The molecule has 2 atom stereocenters. The molecule has 2 unspecified atom stereocenters. The van der Waals surface area contributed by atoms with Crippen molar-refractivity contribution in [3.63, 3.8) is 0 Å². The van der Waals surface area contributed by atoms with Crippen molar-refractivity contribution in [1.82, 2.24) is 5.32 Å². The molecule has 19 heavy (non-hydrogen) atoms. The van der Waals surface area contributed by atoms with Gasteiger partial charge in [0.1, 0.15) is 5.82 Å². The molecule has 1 saturated carbocycles. The first-order valence-corrected chi connectivity index (χ1v) is 7.67. The summed E-state index contributed by atoms with van der Waals surface area (Å²) in [5.41, 5.74) is 0.696. The molecule has 1 aromatic rings. The van der Waals surface area contributed by atoms with Gasteiger partial charge in [-0.3, -0.25) is 0 Å². The smallest absolute Gasteiger partial charge is 0.128 e. The lowest BCUT2D eigenvalue weighted by atomic mass is 9.97. The first kappa shape index (κ1) is 14.9. The van der Waals surface area contributed by atoms with Crippen molar-refractivity contribution in [3.05, 3.63) is 34.1 Å². The van der Waals surface area contributed by atoms with E-state index in [0.29, 0.717) is 11.5 Å². The highest BCUT2D eigenvalue weighted by Crippen LogP contribution is 2.40. The second-order valence-corrected chi connectivity index (χ2v) is 6.05. The Kier molecular flexibility index (Phi) is 5.37. The second kappa shape index (κ2) is 6.82. The van der Waals surface area contributed by atoms with Gasteiger partial charge in [0.15, 0.2) is 0 Å². The van der Waals surface area contributed by atoms with Gasteiger partial charge in [-0.25, -0.2) is 4.39 Å². The van der Waals surface area contributed by atoms with Gasteiger partial charge in [-0.2, -0.15) is 0 Å². The first-order valence-electron chi connectivity index (χ1n) is 6.88. The van der Waals surface area contributed by atoms with Gasteiger partial charge in [-0.05, 0) is 49.9 Å². The highest BCUT2D eigenvalue weighted by Gasteiger charge is 2.38. The van der Waals surface area contributed by atoms with Gasteiger partial charge in [-0.1, -0.05) is 22.9 Å². The van der Waals surface area contributed by atoms with E-state index in [1.54, 1.807) is 13.2 Å². The molecule has 1 aromatic carbocycles. The van der Waals surface area contributed by atoms with E-state index in [4.69, 9.17) is 4.74 Å². The summed E-state index contributed by atoms with van der Waals surface area (Å²) in [7, 11) is 1.72. The lowest BCUT2D eigenvalue weighted by Gasteiger charge is -2.28. The largest absolute Gasteiger partial charge is 0.379 e. The zero-order chi connectivity index (χ0) is 13.8. The molecular formula is C15H21BrFNO. The van der Waals surface area contributed by atoms with E-state index in [1.807, 2.05) is 6.07 Å². The van der Waals surface area contributed by atoms with Gasteiger partial charge in [0.05, 0.1) is 12.1 Å². The lowest BCUT2D eigenvalue weighted by molar-refractivity contribution is 0.0496. The van der Waals surface area contributed by atoms with E-state index < -0.39 is 0 Å². The third-order valence-corrected chi connectivity index (χ3v) is 4.09. The molecule has 0 bridgehead atoms. The molecule has 2 nitrogen and oxygen atoms in total. The van der Waals surface area contributed by atoms with Gasteiger partial charge in [-0.15, -0.1) is 0 Å². The molecule has 0 amide bonds. The fourth-order valence-electron chi connectivity index (χ4n) is 2.48. The summed E-state index contributed by atoms with van der Waals surface area (Å²) in [5.74, 6) is 0.386.